The molecule has 0 aliphatic rings. The summed E-state index contributed by atoms with van der Waals surface area (Å²) >= 11 is 0. The SMILES string of the molecule is C[C@@H](N)c1cc(F)ccc1OCCc1ccncc1. The molecular formula is C15H17FN2O. The van der Waals surface area contributed by atoms with Gasteiger partial charge in [-0.15, -0.1) is 0 Å². The van der Waals surface area contributed by atoms with Crippen molar-refractivity contribution in [2.75, 3.05) is 6.61 Å². The molecule has 0 aliphatic heterocycles. The first-order valence-corrected chi connectivity index (χ1v) is 6.23. The fourth-order valence-electron chi connectivity index (χ4n) is 1.83. The largest absolute Gasteiger partial charge is 0.493 e. The molecule has 1 heterocycles. The Labute approximate surface area is 112 Å². The van der Waals surface area contributed by atoms with Gasteiger partial charge in [0.05, 0.1) is 6.61 Å². The van der Waals surface area contributed by atoms with Crippen molar-refractivity contribution in [2.45, 2.75) is 19.4 Å². The average Bonchev–Trinajstić information content (AvgIpc) is 2.41. The van der Waals surface area contributed by atoms with E-state index in [-0.39, 0.29) is 11.9 Å². The Balaban J connectivity index is 2.00. The first-order valence-electron chi connectivity index (χ1n) is 6.23. The van der Waals surface area contributed by atoms with Crippen molar-refractivity contribution >= 4 is 0 Å². The summed E-state index contributed by atoms with van der Waals surface area (Å²) in [5.41, 5.74) is 7.65. The van der Waals surface area contributed by atoms with Crippen LogP contribution in [0.5, 0.6) is 5.75 Å². The van der Waals surface area contributed by atoms with E-state index in [2.05, 4.69) is 4.98 Å². The van der Waals surface area contributed by atoms with Crippen LogP contribution >= 0.6 is 0 Å². The molecule has 0 radical (unpaired) electrons. The Morgan fingerprint density at radius 2 is 2.00 bits per heavy atom. The fraction of sp³-hybridized carbons (Fsp3) is 0.267. The standard InChI is InChI=1S/C15H17FN2O/c1-11(17)14-10-13(16)2-3-15(14)19-9-6-12-4-7-18-8-5-12/h2-5,7-8,10-11H,6,9,17H2,1H3/t11-/m1/s1. The molecule has 19 heavy (non-hydrogen) atoms. The summed E-state index contributed by atoms with van der Waals surface area (Å²) in [7, 11) is 0. The first kappa shape index (κ1) is 13.5. The van der Waals surface area contributed by atoms with Crippen molar-refractivity contribution in [2.24, 2.45) is 5.73 Å². The summed E-state index contributed by atoms with van der Waals surface area (Å²) in [6.45, 7) is 2.33. The number of hydrogen-bond acceptors (Lipinski definition) is 3. The maximum atomic E-state index is 13.2. The predicted octanol–water partition coefficient (Wildman–Crippen LogP) is 2.86. The minimum absolute atomic E-state index is 0.258. The number of rotatable bonds is 5. The topological polar surface area (TPSA) is 48.1 Å². The molecule has 0 fully saturated rings. The van der Waals surface area contributed by atoms with Gasteiger partial charge in [0.2, 0.25) is 0 Å². The van der Waals surface area contributed by atoms with Crippen molar-refractivity contribution in [3.8, 4) is 5.75 Å². The lowest BCUT2D eigenvalue weighted by atomic mass is 10.1. The Morgan fingerprint density at radius 1 is 1.26 bits per heavy atom. The second kappa shape index (κ2) is 6.29. The van der Waals surface area contributed by atoms with E-state index in [1.165, 1.54) is 12.1 Å². The highest BCUT2D eigenvalue weighted by Crippen LogP contribution is 2.24. The first-order chi connectivity index (χ1) is 9.16. The lowest BCUT2D eigenvalue weighted by Gasteiger charge is -2.14. The minimum Gasteiger partial charge on any atom is -0.493 e. The van der Waals surface area contributed by atoms with Gasteiger partial charge in [-0.2, -0.15) is 0 Å². The molecule has 2 N–H and O–H groups in total. The van der Waals surface area contributed by atoms with E-state index >= 15 is 0 Å². The maximum Gasteiger partial charge on any atom is 0.124 e. The van der Waals surface area contributed by atoms with Crippen LogP contribution in [0, 0.1) is 5.82 Å². The molecule has 0 unspecified atom stereocenters. The molecule has 2 rings (SSSR count). The van der Waals surface area contributed by atoms with E-state index in [9.17, 15) is 4.39 Å². The van der Waals surface area contributed by atoms with Gasteiger partial charge in [-0.1, -0.05) is 0 Å². The van der Waals surface area contributed by atoms with E-state index in [0.717, 1.165) is 12.0 Å². The number of pyridine rings is 1. The third-order valence-electron chi connectivity index (χ3n) is 2.86. The van der Waals surface area contributed by atoms with Gasteiger partial charge in [-0.3, -0.25) is 4.98 Å². The monoisotopic (exact) mass is 260 g/mol. The van der Waals surface area contributed by atoms with Gasteiger partial charge in [0.15, 0.2) is 0 Å². The molecule has 0 saturated carbocycles. The molecule has 2 aromatic rings. The Morgan fingerprint density at radius 3 is 2.68 bits per heavy atom. The summed E-state index contributed by atoms with van der Waals surface area (Å²) in [5.74, 6) is 0.347. The van der Waals surface area contributed by atoms with Gasteiger partial charge < -0.3 is 10.5 Å². The van der Waals surface area contributed by atoms with Crippen molar-refractivity contribution in [1.82, 2.24) is 4.98 Å². The molecule has 1 aromatic heterocycles. The number of benzene rings is 1. The number of halogens is 1. The summed E-state index contributed by atoms with van der Waals surface area (Å²) in [5, 5.41) is 0. The van der Waals surface area contributed by atoms with Crippen molar-refractivity contribution in [1.29, 1.82) is 0 Å². The predicted molar refractivity (Wildman–Crippen MR) is 72.4 cm³/mol. The highest BCUT2D eigenvalue weighted by atomic mass is 19.1. The highest BCUT2D eigenvalue weighted by molar-refractivity contribution is 5.36. The molecule has 0 aliphatic carbocycles. The molecule has 3 nitrogen and oxygen atoms in total. The van der Waals surface area contributed by atoms with Gasteiger partial charge in [0, 0.05) is 30.4 Å². The maximum absolute atomic E-state index is 13.2. The summed E-state index contributed by atoms with van der Waals surface area (Å²) in [6, 6.07) is 8.06. The summed E-state index contributed by atoms with van der Waals surface area (Å²) < 4.78 is 18.9. The number of hydrogen-bond donors (Lipinski definition) is 1. The second-order valence-electron chi connectivity index (χ2n) is 4.42. The highest BCUT2D eigenvalue weighted by Gasteiger charge is 2.09. The molecule has 100 valence electrons. The zero-order chi connectivity index (χ0) is 13.7. The van der Waals surface area contributed by atoms with Gasteiger partial charge in [0.1, 0.15) is 11.6 Å². The zero-order valence-corrected chi connectivity index (χ0v) is 10.8. The van der Waals surface area contributed by atoms with Crippen LogP contribution in [0.25, 0.3) is 0 Å². The lowest BCUT2D eigenvalue weighted by Crippen LogP contribution is -2.10. The van der Waals surface area contributed by atoms with E-state index in [4.69, 9.17) is 10.5 Å². The van der Waals surface area contributed by atoms with Crippen LogP contribution < -0.4 is 10.5 Å². The minimum atomic E-state index is -0.297. The Kier molecular flexibility index (Phi) is 4.47. The summed E-state index contributed by atoms with van der Waals surface area (Å²) in [4.78, 5) is 3.96. The molecule has 1 atom stereocenters. The number of aromatic nitrogens is 1. The van der Waals surface area contributed by atoms with Gasteiger partial charge in [0.25, 0.3) is 0 Å². The third kappa shape index (κ3) is 3.76. The van der Waals surface area contributed by atoms with E-state index in [1.807, 2.05) is 19.1 Å². The van der Waals surface area contributed by atoms with Crippen LogP contribution in [0.3, 0.4) is 0 Å². The molecule has 0 bridgehead atoms. The van der Waals surface area contributed by atoms with Gasteiger partial charge >= 0.3 is 0 Å². The quantitative estimate of drug-likeness (QED) is 0.899. The summed E-state index contributed by atoms with van der Waals surface area (Å²) in [6.07, 6.45) is 4.28. The van der Waals surface area contributed by atoms with Crippen LogP contribution in [0.2, 0.25) is 0 Å². The van der Waals surface area contributed by atoms with E-state index < -0.39 is 0 Å². The molecule has 0 spiro atoms. The molecule has 1 aromatic carbocycles. The van der Waals surface area contributed by atoms with Gasteiger partial charge in [-0.05, 0) is 42.8 Å². The third-order valence-corrected chi connectivity index (χ3v) is 2.86. The average molecular weight is 260 g/mol. The Hall–Kier alpha value is -1.94. The van der Waals surface area contributed by atoms with Crippen molar-refractivity contribution in [3.05, 3.63) is 59.7 Å². The van der Waals surface area contributed by atoms with Crippen LogP contribution in [-0.4, -0.2) is 11.6 Å². The lowest BCUT2D eigenvalue weighted by molar-refractivity contribution is 0.316. The van der Waals surface area contributed by atoms with E-state index in [0.29, 0.717) is 17.9 Å². The molecule has 0 amide bonds. The van der Waals surface area contributed by atoms with Crippen molar-refractivity contribution < 1.29 is 9.13 Å². The number of nitrogens with zero attached hydrogens (tertiary/aromatic N) is 1. The smallest absolute Gasteiger partial charge is 0.124 e. The number of ether oxygens (including phenoxy) is 1. The zero-order valence-electron chi connectivity index (χ0n) is 10.8. The molecule has 4 heteroatoms. The van der Waals surface area contributed by atoms with Crippen LogP contribution in [0.4, 0.5) is 4.39 Å². The van der Waals surface area contributed by atoms with E-state index in [1.54, 1.807) is 18.5 Å². The molecule has 0 saturated heterocycles. The van der Waals surface area contributed by atoms with Crippen LogP contribution in [0.15, 0.2) is 42.7 Å². The van der Waals surface area contributed by atoms with Crippen LogP contribution in [0.1, 0.15) is 24.1 Å². The van der Waals surface area contributed by atoms with Gasteiger partial charge in [-0.25, -0.2) is 4.39 Å². The van der Waals surface area contributed by atoms with Crippen molar-refractivity contribution in [3.63, 3.8) is 0 Å². The Bertz CT molecular complexity index is 529. The second-order valence-corrected chi connectivity index (χ2v) is 4.42. The molecular weight excluding hydrogens is 243 g/mol. The van der Waals surface area contributed by atoms with Crippen LogP contribution in [-0.2, 0) is 6.42 Å². The fourth-order valence-corrected chi connectivity index (χ4v) is 1.83. The normalized spacial score (nSPS) is 12.2. The number of nitrogens with two attached hydrogens (primary N) is 1.